The van der Waals surface area contributed by atoms with E-state index in [4.69, 9.17) is 5.11 Å². The second kappa shape index (κ2) is 6.22. The first-order valence-corrected chi connectivity index (χ1v) is 5.62. The van der Waals surface area contributed by atoms with Crippen LogP contribution in [-0.4, -0.2) is 36.6 Å². The van der Waals surface area contributed by atoms with Gasteiger partial charge in [-0.15, -0.1) is 0 Å². The summed E-state index contributed by atoms with van der Waals surface area (Å²) in [7, 11) is 1.29. The van der Waals surface area contributed by atoms with E-state index in [-0.39, 0.29) is 30.8 Å². The largest absolute Gasteiger partial charge is 0.481 e. The van der Waals surface area contributed by atoms with Crippen LogP contribution in [0.4, 0.5) is 0 Å². The molecule has 1 aliphatic rings. The van der Waals surface area contributed by atoms with E-state index in [1.807, 2.05) is 0 Å². The maximum atomic E-state index is 11.6. The van der Waals surface area contributed by atoms with Gasteiger partial charge in [0.1, 0.15) is 0 Å². The minimum atomic E-state index is -0.838. The molecule has 2 atom stereocenters. The summed E-state index contributed by atoms with van der Waals surface area (Å²) in [6.45, 7) is 0.236. The maximum Gasteiger partial charge on any atom is 0.307 e. The van der Waals surface area contributed by atoms with E-state index in [9.17, 15) is 14.4 Å². The van der Waals surface area contributed by atoms with Crippen molar-refractivity contribution >= 4 is 17.8 Å². The molecule has 0 radical (unpaired) electrons. The highest BCUT2D eigenvalue weighted by Crippen LogP contribution is 2.30. The van der Waals surface area contributed by atoms with Crippen LogP contribution in [0.15, 0.2) is 0 Å². The standard InChI is InChI=1S/C11H17NO5/c1-17-9(13)4-5-12-10(14)7-2-3-8(6-7)11(15)16/h7-8H,2-6H2,1H3,(H,12,14)(H,15,16). The number of carbonyl (C=O) groups excluding carboxylic acids is 2. The fourth-order valence-electron chi connectivity index (χ4n) is 1.98. The third-order valence-corrected chi connectivity index (χ3v) is 3.01. The van der Waals surface area contributed by atoms with Crippen molar-refractivity contribution in [1.29, 1.82) is 0 Å². The lowest BCUT2D eigenvalue weighted by molar-refractivity contribution is -0.142. The third kappa shape index (κ3) is 4.05. The summed E-state index contributed by atoms with van der Waals surface area (Å²) in [6, 6.07) is 0. The molecule has 0 aliphatic heterocycles. The van der Waals surface area contributed by atoms with Crippen molar-refractivity contribution in [1.82, 2.24) is 5.32 Å². The van der Waals surface area contributed by atoms with Crippen molar-refractivity contribution in [3.63, 3.8) is 0 Å². The van der Waals surface area contributed by atoms with Gasteiger partial charge in [0.2, 0.25) is 5.91 Å². The van der Waals surface area contributed by atoms with Crippen LogP contribution < -0.4 is 5.32 Å². The highest BCUT2D eigenvalue weighted by Gasteiger charge is 2.33. The van der Waals surface area contributed by atoms with Crippen molar-refractivity contribution in [3.05, 3.63) is 0 Å². The predicted octanol–water partition coefficient (Wildman–Crippen LogP) is 0.167. The second-order valence-corrected chi connectivity index (χ2v) is 4.16. The molecule has 2 unspecified atom stereocenters. The summed E-state index contributed by atoms with van der Waals surface area (Å²) in [6.07, 6.45) is 1.67. The number of hydrogen-bond acceptors (Lipinski definition) is 4. The van der Waals surface area contributed by atoms with Gasteiger partial charge in [0.25, 0.3) is 0 Å². The Labute approximate surface area is 99.3 Å². The number of amides is 1. The van der Waals surface area contributed by atoms with Gasteiger partial charge < -0.3 is 15.2 Å². The second-order valence-electron chi connectivity index (χ2n) is 4.16. The molecule has 96 valence electrons. The molecule has 0 bridgehead atoms. The van der Waals surface area contributed by atoms with Gasteiger partial charge in [-0.25, -0.2) is 0 Å². The zero-order chi connectivity index (χ0) is 12.8. The van der Waals surface area contributed by atoms with Crippen LogP contribution in [0.3, 0.4) is 0 Å². The van der Waals surface area contributed by atoms with Crippen LogP contribution in [0.1, 0.15) is 25.7 Å². The smallest absolute Gasteiger partial charge is 0.307 e. The van der Waals surface area contributed by atoms with E-state index < -0.39 is 11.9 Å². The van der Waals surface area contributed by atoms with Gasteiger partial charge in [0, 0.05) is 12.5 Å². The van der Waals surface area contributed by atoms with E-state index in [1.54, 1.807) is 0 Å². The van der Waals surface area contributed by atoms with Crippen molar-refractivity contribution in [2.45, 2.75) is 25.7 Å². The summed E-state index contributed by atoms with van der Waals surface area (Å²) in [5.41, 5.74) is 0. The number of carbonyl (C=O) groups is 3. The van der Waals surface area contributed by atoms with Crippen LogP contribution in [0.5, 0.6) is 0 Å². The van der Waals surface area contributed by atoms with E-state index >= 15 is 0 Å². The molecule has 0 aromatic rings. The molecule has 1 aliphatic carbocycles. The van der Waals surface area contributed by atoms with Crippen LogP contribution in [-0.2, 0) is 19.1 Å². The Morgan fingerprint density at radius 3 is 2.47 bits per heavy atom. The first-order valence-electron chi connectivity index (χ1n) is 5.62. The number of nitrogens with one attached hydrogen (secondary N) is 1. The molecule has 1 amide bonds. The molecule has 6 nitrogen and oxygen atoms in total. The molecule has 1 fully saturated rings. The van der Waals surface area contributed by atoms with E-state index in [0.717, 1.165) is 0 Å². The number of ether oxygens (including phenoxy) is 1. The molecule has 1 saturated carbocycles. The highest BCUT2D eigenvalue weighted by molar-refractivity contribution is 5.81. The highest BCUT2D eigenvalue weighted by atomic mass is 16.5. The van der Waals surface area contributed by atoms with Crippen molar-refractivity contribution in [2.75, 3.05) is 13.7 Å². The number of carboxylic acids is 1. The molecule has 1 rings (SSSR count). The lowest BCUT2D eigenvalue weighted by atomic mass is 10.0. The minimum absolute atomic E-state index is 0.136. The molecule has 6 heteroatoms. The van der Waals surface area contributed by atoms with Crippen molar-refractivity contribution < 1.29 is 24.2 Å². The molecule has 0 saturated heterocycles. The molecular formula is C11H17NO5. The first-order chi connectivity index (χ1) is 8.04. The number of methoxy groups -OCH3 is 1. The molecule has 0 spiro atoms. The average molecular weight is 243 g/mol. The van der Waals surface area contributed by atoms with Gasteiger partial charge in [0.15, 0.2) is 0 Å². The SMILES string of the molecule is COC(=O)CCNC(=O)C1CCC(C(=O)O)C1. The van der Waals surface area contributed by atoms with E-state index in [1.165, 1.54) is 7.11 Å². The Hall–Kier alpha value is -1.59. The maximum absolute atomic E-state index is 11.6. The minimum Gasteiger partial charge on any atom is -0.481 e. The van der Waals surface area contributed by atoms with Gasteiger partial charge >= 0.3 is 11.9 Å². The fourth-order valence-corrected chi connectivity index (χ4v) is 1.98. The number of esters is 1. The fraction of sp³-hybridized carbons (Fsp3) is 0.727. The molecule has 17 heavy (non-hydrogen) atoms. The van der Waals surface area contributed by atoms with Gasteiger partial charge in [-0.3, -0.25) is 14.4 Å². The summed E-state index contributed by atoms with van der Waals surface area (Å²) < 4.78 is 4.44. The van der Waals surface area contributed by atoms with Gasteiger partial charge in [-0.1, -0.05) is 0 Å². The Morgan fingerprint density at radius 2 is 1.94 bits per heavy atom. The van der Waals surface area contributed by atoms with Crippen molar-refractivity contribution in [3.8, 4) is 0 Å². The summed E-state index contributed by atoms with van der Waals surface area (Å²) in [5.74, 6) is -2.03. The molecular weight excluding hydrogens is 226 g/mol. The lowest BCUT2D eigenvalue weighted by Crippen LogP contribution is -2.31. The zero-order valence-corrected chi connectivity index (χ0v) is 9.77. The molecule has 0 aromatic heterocycles. The van der Waals surface area contributed by atoms with E-state index in [0.29, 0.717) is 19.3 Å². The van der Waals surface area contributed by atoms with E-state index in [2.05, 4.69) is 10.1 Å². The predicted molar refractivity (Wildman–Crippen MR) is 58.1 cm³/mol. The topological polar surface area (TPSA) is 92.7 Å². The van der Waals surface area contributed by atoms with Crippen LogP contribution in [0, 0.1) is 11.8 Å². The summed E-state index contributed by atoms with van der Waals surface area (Å²) >= 11 is 0. The number of carboxylic acid groups (broad SMARTS) is 1. The van der Waals surface area contributed by atoms with Crippen LogP contribution >= 0.6 is 0 Å². The van der Waals surface area contributed by atoms with Gasteiger partial charge in [0.05, 0.1) is 19.4 Å². The summed E-state index contributed by atoms with van der Waals surface area (Å²) in [5, 5.41) is 11.4. The Balaban J connectivity index is 2.25. The quantitative estimate of drug-likeness (QED) is 0.671. The number of hydrogen-bond donors (Lipinski definition) is 2. The van der Waals surface area contributed by atoms with Crippen molar-refractivity contribution in [2.24, 2.45) is 11.8 Å². The third-order valence-electron chi connectivity index (χ3n) is 3.01. The number of rotatable bonds is 5. The Morgan fingerprint density at radius 1 is 1.29 bits per heavy atom. The Kier molecular flexibility index (Phi) is 4.93. The van der Waals surface area contributed by atoms with Crippen LogP contribution in [0.25, 0.3) is 0 Å². The average Bonchev–Trinajstić information content (AvgIpc) is 2.78. The lowest BCUT2D eigenvalue weighted by Gasteiger charge is -2.10. The zero-order valence-electron chi connectivity index (χ0n) is 9.77. The van der Waals surface area contributed by atoms with Gasteiger partial charge in [-0.2, -0.15) is 0 Å². The first kappa shape index (κ1) is 13.5. The molecule has 0 aromatic carbocycles. The molecule has 2 N–H and O–H groups in total. The van der Waals surface area contributed by atoms with Crippen LogP contribution in [0.2, 0.25) is 0 Å². The van der Waals surface area contributed by atoms with Gasteiger partial charge in [-0.05, 0) is 19.3 Å². The molecule has 0 heterocycles. The number of aliphatic carboxylic acids is 1. The monoisotopic (exact) mass is 243 g/mol. The Bertz CT molecular complexity index is 315. The summed E-state index contributed by atoms with van der Waals surface area (Å²) in [4.78, 5) is 33.2. The normalized spacial score (nSPS) is 23.1.